The SMILES string of the molecule is Cc1cc(C)cc(N/C(=N/O)c2nonc2N)c1. The molecule has 1 aromatic carbocycles. The number of aryl methyl sites for hydroxylation is 2. The Labute approximate surface area is 103 Å². The third kappa shape index (κ3) is 2.40. The second-order valence-corrected chi connectivity index (χ2v) is 3.95. The van der Waals surface area contributed by atoms with E-state index in [9.17, 15) is 0 Å². The van der Waals surface area contributed by atoms with Crippen LogP contribution < -0.4 is 11.1 Å². The van der Waals surface area contributed by atoms with Crippen LogP contribution in [-0.2, 0) is 0 Å². The van der Waals surface area contributed by atoms with Gasteiger partial charge in [-0.25, -0.2) is 4.63 Å². The lowest BCUT2D eigenvalue weighted by molar-refractivity contribution is 0.305. The summed E-state index contributed by atoms with van der Waals surface area (Å²) in [5.41, 5.74) is 8.63. The molecular formula is C11H13N5O2. The molecule has 94 valence electrons. The van der Waals surface area contributed by atoms with Crippen molar-refractivity contribution in [3.63, 3.8) is 0 Å². The number of benzene rings is 1. The highest BCUT2D eigenvalue weighted by molar-refractivity contribution is 6.09. The average Bonchev–Trinajstić information content (AvgIpc) is 2.71. The van der Waals surface area contributed by atoms with Gasteiger partial charge in [0.2, 0.25) is 5.84 Å². The molecule has 7 nitrogen and oxygen atoms in total. The Hall–Kier alpha value is -2.57. The molecule has 0 fully saturated rings. The highest BCUT2D eigenvalue weighted by Crippen LogP contribution is 2.16. The first-order valence-electron chi connectivity index (χ1n) is 5.26. The van der Waals surface area contributed by atoms with Gasteiger partial charge in [-0.2, -0.15) is 0 Å². The van der Waals surface area contributed by atoms with Crippen molar-refractivity contribution >= 4 is 17.3 Å². The van der Waals surface area contributed by atoms with Crippen LogP contribution >= 0.6 is 0 Å². The Kier molecular flexibility index (Phi) is 3.13. The minimum Gasteiger partial charge on any atom is -0.409 e. The van der Waals surface area contributed by atoms with E-state index in [0.29, 0.717) is 0 Å². The molecule has 0 amide bonds. The monoisotopic (exact) mass is 247 g/mol. The van der Waals surface area contributed by atoms with E-state index < -0.39 is 0 Å². The summed E-state index contributed by atoms with van der Waals surface area (Å²) < 4.78 is 4.46. The van der Waals surface area contributed by atoms with Gasteiger partial charge in [0.1, 0.15) is 0 Å². The van der Waals surface area contributed by atoms with Gasteiger partial charge in [-0.15, -0.1) is 0 Å². The smallest absolute Gasteiger partial charge is 0.203 e. The summed E-state index contributed by atoms with van der Waals surface area (Å²) in [6.45, 7) is 3.94. The van der Waals surface area contributed by atoms with Crippen LogP contribution in [0.5, 0.6) is 0 Å². The van der Waals surface area contributed by atoms with Crippen molar-refractivity contribution in [2.75, 3.05) is 11.1 Å². The van der Waals surface area contributed by atoms with E-state index in [4.69, 9.17) is 10.9 Å². The third-order valence-corrected chi connectivity index (χ3v) is 2.32. The quantitative estimate of drug-likeness (QED) is 0.321. The van der Waals surface area contributed by atoms with Gasteiger partial charge in [-0.3, -0.25) is 0 Å². The summed E-state index contributed by atoms with van der Waals surface area (Å²) in [6, 6.07) is 5.84. The van der Waals surface area contributed by atoms with Crippen molar-refractivity contribution in [2.45, 2.75) is 13.8 Å². The topological polar surface area (TPSA) is 110 Å². The molecule has 0 saturated carbocycles. The zero-order valence-electron chi connectivity index (χ0n) is 10.0. The molecule has 1 heterocycles. The van der Waals surface area contributed by atoms with E-state index in [-0.39, 0.29) is 17.3 Å². The van der Waals surface area contributed by atoms with E-state index in [2.05, 4.69) is 25.4 Å². The van der Waals surface area contributed by atoms with Gasteiger partial charge in [0.25, 0.3) is 0 Å². The van der Waals surface area contributed by atoms with E-state index in [1.165, 1.54) is 0 Å². The Morgan fingerprint density at radius 3 is 2.44 bits per heavy atom. The molecule has 4 N–H and O–H groups in total. The van der Waals surface area contributed by atoms with E-state index in [0.717, 1.165) is 16.8 Å². The molecule has 0 aliphatic carbocycles. The van der Waals surface area contributed by atoms with Crippen molar-refractivity contribution in [3.05, 3.63) is 35.0 Å². The van der Waals surface area contributed by atoms with E-state index in [1.807, 2.05) is 32.0 Å². The zero-order chi connectivity index (χ0) is 13.1. The molecule has 0 aliphatic rings. The Morgan fingerprint density at radius 2 is 1.94 bits per heavy atom. The van der Waals surface area contributed by atoms with Gasteiger partial charge < -0.3 is 16.3 Å². The molecule has 1 aromatic heterocycles. The molecule has 0 spiro atoms. The Morgan fingerprint density at radius 1 is 1.28 bits per heavy atom. The Bertz CT molecular complexity index is 571. The predicted octanol–water partition coefficient (Wildman–Crippen LogP) is 1.52. The maximum absolute atomic E-state index is 8.98. The van der Waals surface area contributed by atoms with Crippen molar-refractivity contribution in [3.8, 4) is 0 Å². The standard InChI is InChI=1S/C11H13N5O2/c1-6-3-7(2)5-8(4-6)13-11(14-17)9-10(12)16-18-15-9/h3-5,17H,1-2H3,(H2,12,16)(H,13,14). The lowest BCUT2D eigenvalue weighted by atomic mass is 10.1. The lowest BCUT2D eigenvalue weighted by Crippen LogP contribution is -2.16. The molecule has 0 bridgehead atoms. The highest BCUT2D eigenvalue weighted by atomic mass is 16.6. The van der Waals surface area contributed by atoms with Gasteiger partial charge in [0.15, 0.2) is 11.5 Å². The first kappa shape index (κ1) is 11.9. The number of amidine groups is 1. The molecule has 2 aromatic rings. The number of rotatable bonds is 2. The summed E-state index contributed by atoms with van der Waals surface area (Å²) in [5, 5.41) is 22.0. The minimum absolute atomic E-state index is 0.0553. The molecule has 0 unspecified atom stereocenters. The van der Waals surface area contributed by atoms with Crippen LogP contribution in [-0.4, -0.2) is 21.4 Å². The fraction of sp³-hybridized carbons (Fsp3) is 0.182. The van der Waals surface area contributed by atoms with Crippen molar-refractivity contribution < 1.29 is 9.84 Å². The van der Waals surface area contributed by atoms with E-state index in [1.54, 1.807) is 0 Å². The van der Waals surface area contributed by atoms with Gasteiger partial charge in [-0.05, 0) is 47.4 Å². The lowest BCUT2D eigenvalue weighted by Gasteiger charge is -2.08. The normalized spacial score (nSPS) is 11.6. The van der Waals surface area contributed by atoms with Gasteiger partial charge in [-0.1, -0.05) is 11.2 Å². The number of nitrogens with two attached hydrogens (primary N) is 1. The van der Waals surface area contributed by atoms with Gasteiger partial charge in [0.05, 0.1) is 0 Å². The summed E-state index contributed by atoms with van der Waals surface area (Å²) >= 11 is 0. The van der Waals surface area contributed by atoms with Crippen LogP contribution in [0.2, 0.25) is 0 Å². The van der Waals surface area contributed by atoms with Crippen LogP contribution in [0.3, 0.4) is 0 Å². The second kappa shape index (κ2) is 4.74. The molecule has 18 heavy (non-hydrogen) atoms. The van der Waals surface area contributed by atoms with Crippen molar-refractivity contribution in [1.29, 1.82) is 0 Å². The molecule has 0 atom stereocenters. The number of anilines is 2. The summed E-state index contributed by atoms with van der Waals surface area (Å²) in [6.07, 6.45) is 0. The van der Waals surface area contributed by atoms with Crippen LogP contribution in [0.15, 0.2) is 28.0 Å². The summed E-state index contributed by atoms with van der Waals surface area (Å²) in [5.74, 6) is 0.137. The fourth-order valence-corrected chi connectivity index (χ4v) is 1.67. The number of nitrogen functional groups attached to an aromatic ring is 1. The van der Waals surface area contributed by atoms with E-state index >= 15 is 0 Å². The van der Waals surface area contributed by atoms with Crippen LogP contribution in [0.1, 0.15) is 16.8 Å². The number of nitrogens with one attached hydrogen (secondary N) is 1. The summed E-state index contributed by atoms with van der Waals surface area (Å²) in [7, 11) is 0. The van der Waals surface area contributed by atoms with Crippen LogP contribution in [0.4, 0.5) is 11.5 Å². The number of nitrogens with zero attached hydrogens (tertiary/aromatic N) is 3. The summed E-state index contributed by atoms with van der Waals surface area (Å²) in [4.78, 5) is 0. The number of aromatic nitrogens is 2. The second-order valence-electron chi connectivity index (χ2n) is 3.95. The molecule has 0 radical (unpaired) electrons. The zero-order valence-corrected chi connectivity index (χ0v) is 10.0. The first-order chi connectivity index (χ1) is 8.60. The third-order valence-electron chi connectivity index (χ3n) is 2.32. The molecule has 0 saturated heterocycles. The largest absolute Gasteiger partial charge is 0.409 e. The molecular weight excluding hydrogens is 234 g/mol. The fourth-order valence-electron chi connectivity index (χ4n) is 1.67. The predicted molar refractivity (Wildman–Crippen MR) is 66.6 cm³/mol. The van der Waals surface area contributed by atoms with Gasteiger partial charge in [0, 0.05) is 5.69 Å². The molecule has 0 aliphatic heterocycles. The number of hydrogen-bond donors (Lipinski definition) is 3. The first-order valence-corrected chi connectivity index (χ1v) is 5.26. The minimum atomic E-state index is 0.0553. The average molecular weight is 247 g/mol. The highest BCUT2D eigenvalue weighted by Gasteiger charge is 2.15. The van der Waals surface area contributed by atoms with Gasteiger partial charge >= 0.3 is 0 Å². The Balaban J connectivity index is 2.29. The van der Waals surface area contributed by atoms with Crippen LogP contribution in [0, 0.1) is 13.8 Å². The maximum Gasteiger partial charge on any atom is 0.203 e. The molecule has 2 rings (SSSR count). The molecule has 7 heteroatoms. The van der Waals surface area contributed by atoms with Crippen LogP contribution in [0.25, 0.3) is 0 Å². The number of hydrogen-bond acceptors (Lipinski definition) is 6. The van der Waals surface area contributed by atoms with Crippen molar-refractivity contribution in [2.24, 2.45) is 5.16 Å². The maximum atomic E-state index is 8.98. The number of oxime groups is 1. The van der Waals surface area contributed by atoms with Crippen molar-refractivity contribution in [1.82, 2.24) is 10.3 Å².